The summed E-state index contributed by atoms with van der Waals surface area (Å²) in [6.07, 6.45) is 0.0442. The van der Waals surface area contributed by atoms with E-state index in [1.165, 1.54) is 0 Å². The first-order valence-electron chi connectivity index (χ1n) is 8.23. The molecule has 2 amide bonds. The molecular weight excluding hydrogens is 292 g/mol. The largest absolute Gasteiger partial charge is 0.493 e. The number of ether oxygens (including phenoxy) is 2. The highest BCUT2D eigenvalue weighted by Gasteiger charge is 2.62. The monoisotopic (exact) mass is 318 g/mol. The quantitative estimate of drug-likeness (QED) is 0.923. The summed E-state index contributed by atoms with van der Waals surface area (Å²) in [4.78, 5) is 14.3. The molecule has 1 aromatic rings. The summed E-state index contributed by atoms with van der Waals surface area (Å²) < 4.78 is 11.0. The molecule has 3 rings (SSSR count). The summed E-state index contributed by atoms with van der Waals surface area (Å²) in [7, 11) is 1.61. The Labute approximate surface area is 137 Å². The predicted octanol–water partition coefficient (Wildman–Crippen LogP) is 3.60. The van der Waals surface area contributed by atoms with Gasteiger partial charge in [-0.15, -0.1) is 0 Å². The van der Waals surface area contributed by atoms with E-state index in [0.717, 1.165) is 18.8 Å². The van der Waals surface area contributed by atoms with E-state index in [1.807, 2.05) is 36.9 Å². The fourth-order valence-corrected chi connectivity index (χ4v) is 3.60. The van der Waals surface area contributed by atoms with E-state index in [1.54, 1.807) is 7.11 Å². The molecule has 2 atom stereocenters. The molecular formula is C18H26N2O3. The second-order valence-corrected chi connectivity index (χ2v) is 7.40. The zero-order valence-corrected chi connectivity index (χ0v) is 14.6. The molecule has 1 saturated heterocycles. The van der Waals surface area contributed by atoms with Crippen molar-refractivity contribution in [2.24, 2.45) is 17.3 Å². The molecule has 0 aromatic heterocycles. The number of carbonyl (C=O) groups excluding carboxylic acids is 1. The van der Waals surface area contributed by atoms with E-state index >= 15 is 0 Å². The van der Waals surface area contributed by atoms with Gasteiger partial charge < -0.3 is 19.7 Å². The number of likely N-dealkylation sites (tertiary alicyclic amines) is 1. The number of hydrogen-bond acceptors (Lipinski definition) is 3. The molecule has 1 heterocycles. The number of hydrogen-bond donors (Lipinski definition) is 1. The maximum Gasteiger partial charge on any atom is 0.321 e. The van der Waals surface area contributed by atoms with Crippen molar-refractivity contribution >= 4 is 11.7 Å². The van der Waals surface area contributed by atoms with Crippen LogP contribution in [0.5, 0.6) is 11.5 Å². The Morgan fingerprint density at radius 1 is 1.26 bits per heavy atom. The third-order valence-corrected chi connectivity index (χ3v) is 5.19. The SMILES string of the molecule is COc1ccc(NC(=O)N2C[C@H]3[C@H](C2)C3(C)C)cc1OC(C)C. The Kier molecular flexibility index (Phi) is 3.90. The lowest BCUT2D eigenvalue weighted by atomic mass is 10.1. The lowest BCUT2D eigenvalue weighted by Gasteiger charge is -2.23. The standard InChI is InChI=1S/C18H26N2O3/c1-11(2)23-16-8-12(6-7-15(16)22-5)19-17(21)20-9-13-14(10-20)18(13,3)4/h6-8,11,13-14H,9-10H2,1-5H3,(H,19,21)/t13-,14-/m0/s1. The molecule has 0 spiro atoms. The molecule has 0 radical (unpaired) electrons. The lowest BCUT2D eigenvalue weighted by molar-refractivity contribution is 0.209. The van der Waals surface area contributed by atoms with Gasteiger partial charge >= 0.3 is 6.03 Å². The first-order chi connectivity index (χ1) is 10.8. The van der Waals surface area contributed by atoms with Gasteiger partial charge in [-0.3, -0.25) is 0 Å². The van der Waals surface area contributed by atoms with Crippen LogP contribution in [0.4, 0.5) is 10.5 Å². The van der Waals surface area contributed by atoms with E-state index in [-0.39, 0.29) is 12.1 Å². The first kappa shape index (κ1) is 16.0. The third kappa shape index (κ3) is 2.96. The van der Waals surface area contributed by atoms with Gasteiger partial charge in [0.25, 0.3) is 0 Å². The Morgan fingerprint density at radius 2 is 1.91 bits per heavy atom. The number of urea groups is 1. The van der Waals surface area contributed by atoms with Gasteiger partial charge in [-0.05, 0) is 43.2 Å². The minimum atomic E-state index is -0.0336. The highest BCUT2D eigenvalue weighted by molar-refractivity contribution is 5.90. The average molecular weight is 318 g/mol. The van der Waals surface area contributed by atoms with E-state index in [4.69, 9.17) is 9.47 Å². The Bertz CT molecular complexity index is 598. The number of nitrogens with one attached hydrogen (secondary N) is 1. The Balaban J connectivity index is 1.65. The molecule has 5 heteroatoms. The number of benzene rings is 1. The molecule has 23 heavy (non-hydrogen) atoms. The number of amides is 2. The number of methoxy groups -OCH3 is 1. The summed E-state index contributed by atoms with van der Waals surface area (Å²) in [6, 6.07) is 5.44. The summed E-state index contributed by atoms with van der Waals surface area (Å²) in [5, 5.41) is 2.97. The van der Waals surface area contributed by atoms with Gasteiger partial charge in [0.05, 0.1) is 13.2 Å². The zero-order valence-electron chi connectivity index (χ0n) is 14.6. The number of fused-ring (bicyclic) bond motifs is 1. The summed E-state index contributed by atoms with van der Waals surface area (Å²) in [6.45, 7) is 10.2. The van der Waals surface area contributed by atoms with Crippen LogP contribution in [0, 0.1) is 17.3 Å². The molecule has 1 saturated carbocycles. The molecule has 126 valence electrons. The fraction of sp³-hybridized carbons (Fsp3) is 0.611. The molecule has 0 unspecified atom stereocenters. The van der Waals surface area contributed by atoms with Crippen LogP contribution in [0.1, 0.15) is 27.7 Å². The van der Waals surface area contributed by atoms with E-state index in [0.29, 0.717) is 28.7 Å². The maximum absolute atomic E-state index is 12.4. The Hall–Kier alpha value is -1.91. The van der Waals surface area contributed by atoms with Crippen LogP contribution < -0.4 is 14.8 Å². The molecule has 0 bridgehead atoms. The number of carbonyl (C=O) groups is 1. The second kappa shape index (κ2) is 5.62. The molecule has 2 aliphatic rings. The van der Waals surface area contributed by atoms with E-state index in [9.17, 15) is 4.79 Å². The van der Waals surface area contributed by atoms with E-state index < -0.39 is 0 Å². The van der Waals surface area contributed by atoms with Crippen LogP contribution in [-0.2, 0) is 0 Å². The van der Waals surface area contributed by atoms with Crippen molar-refractivity contribution in [3.63, 3.8) is 0 Å². The summed E-state index contributed by atoms with van der Waals surface area (Å²) in [5.74, 6) is 2.62. The second-order valence-electron chi connectivity index (χ2n) is 7.40. The van der Waals surface area contributed by atoms with Crippen LogP contribution in [-0.4, -0.2) is 37.2 Å². The van der Waals surface area contributed by atoms with Crippen molar-refractivity contribution in [2.45, 2.75) is 33.8 Å². The van der Waals surface area contributed by atoms with Crippen molar-refractivity contribution in [2.75, 3.05) is 25.5 Å². The number of piperidine rings is 1. The van der Waals surface area contributed by atoms with Crippen molar-refractivity contribution in [3.05, 3.63) is 18.2 Å². The number of anilines is 1. The van der Waals surface area contributed by atoms with Crippen molar-refractivity contribution in [3.8, 4) is 11.5 Å². The van der Waals surface area contributed by atoms with Gasteiger partial charge in [0.1, 0.15) is 0 Å². The fourth-order valence-electron chi connectivity index (χ4n) is 3.60. The highest BCUT2D eigenvalue weighted by Crippen LogP contribution is 2.61. The van der Waals surface area contributed by atoms with Gasteiger partial charge in [0, 0.05) is 24.8 Å². The molecule has 1 aliphatic carbocycles. The van der Waals surface area contributed by atoms with Crippen molar-refractivity contribution < 1.29 is 14.3 Å². The smallest absolute Gasteiger partial charge is 0.321 e. The van der Waals surface area contributed by atoms with E-state index in [2.05, 4.69) is 19.2 Å². The third-order valence-electron chi connectivity index (χ3n) is 5.19. The van der Waals surface area contributed by atoms with Gasteiger partial charge in [-0.2, -0.15) is 0 Å². The van der Waals surface area contributed by atoms with Crippen molar-refractivity contribution in [1.29, 1.82) is 0 Å². The molecule has 5 nitrogen and oxygen atoms in total. The topological polar surface area (TPSA) is 50.8 Å². The van der Waals surface area contributed by atoms with Gasteiger partial charge in [-0.1, -0.05) is 13.8 Å². The van der Waals surface area contributed by atoms with Gasteiger partial charge in [0.15, 0.2) is 11.5 Å². The minimum Gasteiger partial charge on any atom is -0.493 e. The molecule has 1 aliphatic heterocycles. The zero-order chi connectivity index (χ0) is 16.8. The van der Waals surface area contributed by atoms with Crippen LogP contribution in [0.3, 0.4) is 0 Å². The highest BCUT2D eigenvalue weighted by atomic mass is 16.5. The van der Waals surface area contributed by atoms with Crippen LogP contribution in [0.25, 0.3) is 0 Å². The van der Waals surface area contributed by atoms with Gasteiger partial charge in [0.2, 0.25) is 0 Å². The average Bonchev–Trinajstić information content (AvgIpc) is 2.86. The molecule has 2 fully saturated rings. The maximum atomic E-state index is 12.4. The number of nitrogens with zero attached hydrogens (tertiary/aromatic N) is 1. The summed E-state index contributed by atoms with van der Waals surface area (Å²) in [5.41, 5.74) is 1.14. The van der Waals surface area contributed by atoms with Crippen LogP contribution >= 0.6 is 0 Å². The van der Waals surface area contributed by atoms with Gasteiger partial charge in [-0.25, -0.2) is 4.79 Å². The summed E-state index contributed by atoms with van der Waals surface area (Å²) >= 11 is 0. The minimum absolute atomic E-state index is 0.0336. The van der Waals surface area contributed by atoms with Crippen molar-refractivity contribution in [1.82, 2.24) is 4.90 Å². The first-order valence-corrected chi connectivity index (χ1v) is 8.23. The van der Waals surface area contributed by atoms with Crippen LogP contribution in [0.15, 0.2) is 18.2 Å². The molecule has 1 N–H and O–H groups in total. The normalized spacial score (nSPS) is 24.3. The van der Waals surface area contributed by atoms with Crippen LogP contribution in [0.2, 0.25) is 0 Å². The Morgan fingerprint density at radius 3 is 2.48 bits per heavy atom. The molecule has 1 aromatic carbocycles. The predicted molar refractivity (Wildman–Crippen MR) is 90.1 cm³/mol. The lowest BCUT2D eigenvalue weighted by Crippen LogP contribution is -2.36. The number of rotatable bonds is 4.